The van der Waals surface area contributed by atoms with Crippen LogP contribution in [-0.4, -0.2) is 98.6 Å². The number of carbonyl (C=O) groups excluding carboxylic acids is 4. The van der Waals surface area contributed by atoms with Gasteiger partial charge in [-0.2, -0.15) is 0 Å². The van der Waals surface area contributed by atoms with Crippen molar-refractivity contribution in [2.24, 2.45) is 11.8 Å². The van der Waals surface area contributed by atoms with Crippen molar-refractivity contribution in [3.63, 3.8) is 0 Å². The predicted molar refractivity (Wildman–Crippen MR) is 211 cm³/mol. The molecule has 4 saturated heterocycles. The van der Waals surface area contributed by atoms with E-state index in [9.17, 15) is 19.2 Å². The molecule has 4 N–H and O–H groups in total. The lowest BCUT2D eigenvalue weighted by Crippen LogP contribution is -2.47. The fraction of sp³-hybridized carbons (Fsp3) is 0.467. The minimum atomic E-state index is -0.390. The molecule has 302 valence electrons. The number of benzene rings is 3. The maximum absolute atomic E-state index is 14.0. The fourth-order valence-corrected chi connectivity index (χ4v) is 9.04. The van der Waals surface area contributed by atoms with E-state index in [1.54, 1.807) is 6.07 Å². The molecule has 0 bridgehead atoms. The second-order valence-electron chi connectivity index (χ2n) is 16.9. The average Bonchev–Trinajstić information content (AvgIpc) is 4.07. The molecule has 3 aromatic carbocycles. The Morgan fingerprint density at radius 1 is 0.603 bits per heavy atom. The van der Waals surface area contributed by atoms with Crippen molar-refractivity contribution < 1.29 is 42.9 Å². The van der Waals surface area contributed by atoms with E-state index in [0.29, 0.717) is 48.9 Å². The number of nitrogens with one attached hydrogen (secondary N) is 4. The first-order valence-corrected chi connectivity index (χ1v) is 20.6. The van der Waals surface area contributed by atoms with Crippen LogP contribution in [0.25, 0.3) is 16.7 Å². The number of allylic oxidation sites excluding steroid dienone is 1. The molecule has 0 aromatic heterocycles. The van der Waals surface area contributed by atoms with E-state index >= 15 is 0 Å². The summed E-state index contributed by atoms with van der Waals surface area (Å²) in [6.45, 7) is 5.23. The Morgan fingerprint density at radius 3 is 1.72 bits per heavy atom. The van der Waals surface area contributed by atoms with Crippen LogP contribution in [0.5, 0.6) is 11.5 Å². The van der Waals surface area contributed by atoms with Crippen LogP contribution in [0.2, 0.25) is 0 Å². The Kier molecular flexibility index (Phi) is 9.59. The Morgan fingerprint density at radius 2 is 1.16 bits per heavy atom. The lowest BCUT2D eigenvalue weighted by atomic mass is 9.96. The van der Waals surface area contributed by atoms with Gasteiger partial charge in [0.05, 0.1) is 50.6 Å². The molecule has 0 radical (unpaired) electrons. The van der Waals surface area contributed by atoms with Gasteiger partial charge >= 0.3 is 0 Å². The molecule has 4 heterocycles. The lowest BCUT2D eigenvalue weighted by Gasteiger charge is -2.19. The molecule has 0 spiro atoms. The number of aryl methyl sites for hydroxylation is 1. The number of amides is 4. The third kappa shape index (κ3) is 7.18. The van der Waals surface area contributed by atoms with E-state index in [-0.39, 0.29) is 84.6 Å². The molecule has 8 unspecified atom stereocenters. The van der Waals surface area contributed by atoms with Crippen LogP contribution in [0.15, 0.2) is 66.2 Å². The summed E-state index contributed by atoms with van der Waals surface area (Å²) in [4.78, 5) is 52.7. The minimum absolute atomic E-state index is 0.0434. The summed E-state index contributed by atoms with van der Waals surface area (Å²) in [7, 11) is 0. The largest absolute Gasteiger partial charge is 0.457 e. The topological polar surface area (TPSA) is 163 Å². The van der Waals surface area contributed by atoms with Crippen LogP contribution in [0.1, 0.15) is 59.7 Å². The highest BCUT2D eigenvalue weighted by Gasteiger charge is 2.51. The zero-order valence-electron chi connectivity index (χ0n) is 32.6. The summed E-state index contributed by atoms with van der Waals surface area (Å²) in [5, 5.41) is 12.5. The molecule has 58 heavy (non-hydrogen) atoms. The number of rotatable bonds is 11. The third-order valence-electron chi connectivity index (χ3n) is 12.7. The first kappa shape index (κ1) is 37.2. The number of hydrogen-bond donors (Lipinski definition) is 4. The summed E-state index contributed by atoms with van der Waals surface area (Å²) >= 11 is 0. The van der Waals surface area contributed by atoms with Gasteiger partial charge in [0.15, 0.2) is 0 Å². The quantitative estimate of drug-likeness (QED) is 0.227. The van der Waals surface area contributed by atoms with E-state index in [2.05, 4.69) is 27.3 Å². The molecular weight excluding hydrogens is 741 g/mol. The van der Waals surface area contributed by atoms with Gasteiger partial charge in [0, 0.05) is 29.4 Å². The number of ether oxygens (including phenoxy) is 5. The molecule has 8 atom stereocenters. The van der Waals surface area contributed by atoms with Crippen LogP contribution in [-0.2, 0) is 39.8 Å². The summed E-state index contributed by atoms with van der Waals surface area (Å²) in [6.07, 6.45) is 2.86. The Hall–Kier alpha value is -5.08. The van der Waals surface area contributed by atoms with Crippen LogP contribution in [0.4, 0.5) is 0 Å². The standard InChI is InChI=1S/C45H48N4O9/c1-22-5-3-4-6-37(22)58-30-14-28(13-29(15-30)44(52)48-35-20-55-38-33(18-54-40(35)38)46-42(50)24-7-8-24)26-11-12-27-17-32(23(2)31(27)16-26)45(53)49-36-21-57-39-34(19-56-41(36)39)47-43(51)25-9-10-25/h3-6,11-16,24-25,33-36,38-41H,7-10,17-21H2,1-2H3,(H,46,50)(H,47,51)(H,48,52)(H,49,53). The molecule has 3 aliphatic carbocycles. The Balaban J connectivity index is 0.862. The number of carbonyl (C=O) groups is 4. The predicted octanol–water partition coefficient (Wildman–Crippen LogP) is 3.75. The lowest BCUT2D eigenvalue weighted by molar-refractivity contribution is -0.124. The summed E-state index contributed by atoms with van der Waals surface area (Å²) < 4.78 is 30.6. The molecule has 13 heteroatoms. The molecule has 13 nitrogen and oxygen atoms in total. The summed E-state index contributed by atoms with van der Waals surface area (Å²) in [5.74, 6) is 1.02. The molecule has 4 aliphatic heterocycles. The van der Waals surface area contributed by atoms with Crippen LogP contribution in [0, 0.1) is 18.8 Å². The zero-order valence-corrected chi connectivity index (χ0v) is 32.6. The van der Waals surface area contributed by atoms with Crippen molar-refractivity contribution >= 4 is 29.2 Å². The van der Waals surface area contributed by atoms with Crippen LogP contribution in [0.3, 0.4) is 0 Å². The van der Waals surface area contributed by atoms with Gasteiger partial charge in [-0.15, -0.1) is 0 Å². The molecule has 10 rings (SSSR count). The SMILES string of the molecule is CC1=C(C(=O)NC2COC3C(NC(=O)C4CC4)COC23)Cc2ccc(-c3cc(Oc4ccccc4C)cc(C(=O)NC4COC5C(NC(=O)C6CC6)COC45)c3)cc21. The smallest absolute Gasteiger partial charge is 0.251 e. The van der Waals surface area contributed by atoms with Crippen molar-refractivity contribution in [1.29, 1.82) is 0 Å². The minimum Gasteiger partial charge on any atom is -0.457 e. The van der Waals surface area contributed by atoms with Crippen molar-refractivity contribution in [3.05, 3.63) is 88.5 Å². The van der Waals surface area contributed by atoms with Crippen LogP contribution >= 0.6 is 0 Å². The van der Waals surface area contributed by atoms with Gasteiger partial charge in [0.1, 0.15) is 35.9 Å². The van der Waals surface area contributed by atoms with Crippen molar-refractivity contribution in [2.75, 3.05) is 26.4 Å². The van der Waals surface area contributed by atoms with Gasteiger partial charge in [-0.05, 0) is 103 Å². The van der Waals surface area contributed by atoms with Crippen molar-refractivity contribution in [2.45, 2.75) is 94.5 Å². The Bertz CT molecular complexity index is 2210. The van der Waals surface area contributed by atoms with Gasteiger partial charge in [-0.3, -0.25) is 19.2 Å². The second kappa shape index (κ2) is 14.9. The third-order valence-corrected chi connectivity index (χ3v) is 12.7. The molecule has 7 aliphatic rings. The van der Waals surface area contributed by atoms with Gasteiger partial charge in [0.25, 0.3) is 5.91 Å². The van der Waals surface area contributed by atoms with Gasteiger partial charge < -0.3 is 45.0 Å². The Labute approximate surface area is 336 Å². The number of fused-ring (bicyclic) bond motifs is 3. The highest BCUT2D eigenvalue weighted by Crippen LogP contribution is 2.39. The average molecular weight is 789 g/mol. The molecular formula is C45H48N4O9. The molecule has 4 amide bonds. The van der Waals surface area contributed by atoms with E-state index < -0.39 is 6.04 Å². The van der Waals surface area contributed by atoms with Crippen molar-refractivity contribution in [3.8, 4) is 22.6 Å². The highest BCUT2D eigenvalue weighted by atomic mass is 16.6. The van der Waals surface area contributed by atoms with Gasteiger partial charge in [0.2, 0.25) is 17.7 Å². The van der Waals surface area contributed by atoms with Crippen LogP contribution < -0.4 is 26.0 Å². The normalized spacial score (nSPS) is 29.4. The molecule has 3 aromatic rings. The van der Waals surface area contributed by atoms with Crippen molar-refractivity contribution in [1.82, 2.24) is 21.3 Å². The maximum atomic E-state index is 14.0. The summed E-state index contributed by atoms with van der Waals surface area (Å²) in [6, 6.07) is 18.2. The van der Waals surface area contributed by atoms with Gasteiger partial charge in [-0.1, -0.05) is 30.3 Å². The zero-order chi connectivity index (χ0) is 39.7. The second-order valence-corrected chi connectivity index (χ2v) is 16.9. The van der Waals surface area contributed by atoms with E-state index in [4.69, 9.17) is 23.7 Å². The van der Waals surface area contributed by atoms with E-state index in [1.165, 1.54) is 0 Å². The first-order valence-electron chi connectivity index (χ1n) is 20.6. The fourth-order valence-electron chi connectivity index (χ4n) is 9.04. The van der Waals surface area contributed by atoms with E-state index in [1.807, 2.05) is 62.4 Å². The number of hydrogen-bond acceptors (Lipinski definition) is 9. The highest BCUT2D eigenvalue weighted by molar-refractivity contribution is 6.04. The monoisotopic (exact) mass is 788 g/mol. The maximum Gasteiger partial charge on any atom is 0.251 e. The van der Waals surface area contributed by atoms with Gasteiger partial charge in [-0.25, -0.2) is 0 Å². The summed E-state index contributed by atoms with van der Waals surface area (Å²) in [5.41, 5.74) is 6.59. The first-order chi connectivity index (χ1) is 28.2. The number of para-hydroxylation sites is 1. The molecule has 2 saturated carbocycles. The van der Waals surface area contributed by atoms with E-state index in [0.717, 1.165) is 59.1 Å². The molecule has 6 fully saturated rings.